The highest BCUT2D eigenvalue weighted by Gasteiger charge is 2.13. The van der Waals surface area contributed by atoms with E-state index in [0.717, 1.165) is 37.7 Å². The lowest BCUT2D eigenvalue weighted by atomic mass is 10.2. The highest BCUT2D eigenvalue weighted by atomic mass is 35.5. The number of thioether (sulfide) groups is 1. The van der Waals surface area contributed by atoms with Crippen LogP contribution in [0.2, 0.25) is 5.02 Å². The maximum absolute atomic E-state index is 6.27. The number of piperazine rings is 1. The van der Waals surface area contributed by atoms with Gasteiger partial charge in [0, 0.05) is 42.6 Å². The Kier molecular flexibility index (Phi) is 4.53. The smallest absolute Gasteiger partial charge is 0.0462 e. The third-order valence-electron chi connectivity index (χ3n) is 2.89. The van der Waals surface area contributed by atoms with E-state index in [1.807, 2.05) is 12.1 Å². The fraction of sp³-hybridized carbons (Fsp3) is 0.500. The minimum atomic E-state index is 0.894. The van der Waals surface area contributed by atoms with Crippen molar-refractivity contribution in [2.45, 2.75) is 11.4 Å². The summed E-state index contributed by atoms with van der Waals surface area (Å²) in [7, 11) is 0. The second kappa shape index (κ2) is 5.92. The molecule has 88 valence electrons. The van der Waals surface area contributed by atoms with E-state index >= 15 is 0 Å². The Morgan fingerprint density at radius 2 is 2.12 bits per heavy atom. The second-order valence-corrected chi connectivity index (χ2v) is 5.20. The third-order valence-corrected chi connectivity index (χ3v) is 4.06. The van der Waals surface area contributed by atoms with E-state index in [0.29, 0.717) is 0 Å². The number of benzene rings is 1. The van der Waals surface area contributed by atoms with E-state index in [9.17, 15) is 0 Å². The number of hydrogen-bond donors (Lipinski definition) is 1. The van der Waals surface area contributed by atoms with Gasteiger partial charge in [-0.25, -0.2) is 0 Å². The Morgan fingerprint density at radius 3 is 2.81 bits per heavy atom. The van der Waals surface area contributed by atoms with E-state index in [-0.39, 0.29) is 0 Å². The number of rotatable bonds is 3. The Balaban J connectivity index is 2.12. The van der Waals surface area contributed by atoms with Crippen molar-refractivity contribution in [3.05, 3.63) is 28.8 Å². The SMILES string of the molecule is CSc1cccc(Cl)c1CN1CCNCC1. The minimum absolute atomic E-state index is 0.894. The fourth-order valence-corrected chi connectivity index (χ4v) is 2.90. The molecule has 0 aliphatic carbocycles. The average Bonchev–Trinajstić information content (AvgIpc) is 2.33. The topological polar surface area (TPSA) is 15.3 Å². The molecule has 16 heavy (non-hydrogen) atoms. The maximum Gasteiger partial charge on any atom is 0.0462 e. The summed E-state index contributed by atoms with van der Waals surface area (Å²) in [4.78, 5) is 3.75. The Bertz CT molecular complexity index is 351. The lowest BCUT2D eigenvalue weighted by Gasteiger charge is -2.28. The number of hydrogen-bond acceptors (Lipinski definition) is 3. The number of nitrogens with zero attached hydrogens (tertiary/aromatic N) is 1. The summed E-state index contributed by atoms with van der Waals surface area (Å²) in [6.45, 7) is 5.35. The first-order valence-corrected chi connectivity index (χ1v) is 7.16. The molecule has 4 heteroatoms. The maximum atomic E-state index is 6.27. The van der Waals surface area contributed by atoms with Crippen LogP contribution in [0.5, 0.6) is 0 Å². The monoisotopic (exact) mass is 256 g/mol. The zero-order chi connectivity index (χ0) is 11.4. The van der Waals surface area contributed by atoms with Crippen LogP contribution in [0.3, 0.4) is 0 Å². The third kappa shape index (κ3) is 2.92. The van der Waals surface area contributed by atoms with Crippen molar-refractivity contribution in [1.82, 2.24) is 10.2 Å². The van der Waals surface area contributed by atoms with E-state index in [1.54, 1.807) is 11.8 Å². The molecule has 0 unspecified atom stereocenters. The van der Waals surface area contributed by atoms with Gasteiger partial charge in [0.1, 0.15) is 0 Å². The van der Waals surface area contributed by atoms with Gasteiger partial charge in [0.15, 0.2) is 0 Å². The quantitative estimate of drug-likeness (QED) is 0.837. The van der Waals surface area contributed by atoms with Crippen molar-refractivity contribution in [2.24, 2.45) is 0 Å². The molecule has 1 aliphatic rings. The molecule has 0 amide bonds. The number of halogens is 1. The molecule has 1 heterocycles. The van der Waals surface area contributed by atoms with Crippen LogP contribution >= 0.6 is 23.4 Å². The van der Waals surface area contributed by atoms with Gasteiger partial charge in [0.25, 0.3) is 0 Å². The van der Waals surface area contributed by atoms with Crippen LogP contribution in [0.4, 0.5) is 0 Å². The molecule has 0 spiro atoms. The van der Waals surface area contributed by atoms with E-state index in [1.165, 1.54) is 10.5 Å². The molecule has 1 aromatic rings. The molecule has 2 nitrogen and oxygen atoms in total. The predicted octanol–water partition coefficient (Wildman–Crippen LogP) is 2.47. The molecule has 1 fully saturated rings. The van der Waals surface area contributed by atoms with Crippen LogP contribution in [0.15, 0.2) is 23.1 Å². The molecule has 1 aromatic carbocycles. The molecule has 0 bridgehead atoms. The summed E-state index contributed by atoms with van der Waals surface area (Å²) in [5, 5.41) is 4.26. The van der Waals surface area contributed by atoms with Crippen LogP contribution in [0.1, 0.15) is 5.56 Å². The lowest BCUT2D eigenvalue weighted by molar-refractivity contribution is 0.232. The van der Waals surface area contributed by atoms with Gasteiger partial charge in [0.2, 0.25) is 0 Å². The highest BCUT2D eigenvalue weighted by molar-refractivity contribution is 7.98. The molecule has 0 aromatic heterocycles. The van der Waals surface area contributed by atoms with Crippen molar-refractivity contribution >= 4 is 23.4 Å². The summed E-state index contributed by atoms with van der Waals surface area (Å²) in [5.41, 5.74) is 1.28. The van der Waals surface area contributed by atoms with Crippen molar-refractivity contribution in [3.63, 3.8) is 0 Å². The van der Waals surface area contributed by atoms with Gasteiger partial charge in [-0.05, 0) is 24.0 Å². The zero-order valence-corrected chi connectivity index (χ0v) is 11.1. The Hall–Kier alpha value is -0.220. The molecular formula is C12H17ClN2S. The molecule has 1 aliphatic heterocycles. The zero-order valence-electron chi connectivity index (χ0n) is 9.50. The molecular weight excluding hydrogens is 240 g/mol. The van der Waals surface area contributed by atoms with E-state index in [2.05, 4.69) is 22.5 Å². The van der Waals surface area contributed by atoms with Gasteiger partial charge in [-0.3, -0.25) is 4.90 Å². The van der Waals surface area contributed by atoms with Gasteiger partial charge in [-0.1, -0.05) is 17.7 Å². The van der Waals surface area contributed by atoms with Crippen LogP contribution in [-0.2, 0) is 6.54 Å². The largest absolute Gasteiger partial charge is 0.314 e. The number of nitrogens with one attached hydrogen (secondary N) is 1. The van der Waals surface area contributed by atoms with Gasteiger partial charge >= 0.3 is 0 Å². The van der Waals surface area contributed by atoms with Gasteiger partial charge in [-0.15, -0.1) is 11.8 Å². The molecule has 0 atom stereocenters. The van der Waals surface area contributed by atoms with Crippen LogP contribution in [0.25, 0.3) is 0 Å². The van der Waals surface area contributed by atoms with Crippen LogP contribution in [-0.4, -0.2) is 37.3 Å². The Labute approximate surface area is 106 Å². The van der Waals surface area contributed by atoms with Gasteiger partial charge < -0.3 is 5.32 Å². The highest BCUT2D eigenvalue weighted by Crippen LogP contribution is 2.28. The predicted molar refractivity (Wildman–Crippen MR) is 71.4 cm³/mol. The van der Waals surface area contributed by atoms with Gasteiger partial charge in [-0.2, -0.15) is 0 Å². The Morgan fingerprint density at radius 1 is 1.38 bits per heavy atom. The van der Waals surface area contributed by atoms with Crippen molar-refractivity contribution in [1.29, 1.82) is 0 Å². The first-order chi connectivity index (χ1) is 7.81. The standard InChI is InChI=1S/C12H17ClN2S/c1-16-12-4-2-3-11(13)10(12)9-15-7-5-14-6-8-15/h2-4,14H,5-9H2,1H3. The minimum Gasteiger partial charge on any atom is -0.314 e. The average molecular weight is 257 g/mol. The lowest BCUT2D eigenvalue weighted by Crippen LogP contribution is -2.43. The van der Waals surface area contributed by atoms with E-state index in [4.69, 9.17) is 11.6 Å². The second-order valence-electron chi connectivity index (χ2n) is 3.95. The van der Waals surface area contributed by atoms with E-state index < -0.39 is 0 Å². The van der Waals surface area contributed by atoms with Crippen LogP contribution < -0.4 is 5.32 Å². The summed E-state index contributed by atoms with van der Waals surface area (Å²) < 4.78 is 0. The van der Waals surface area contributed by atoms with Crippen LogP contribution in [0, 0.1) is 0 Å². The molecule has 2 rings (SSSR count). The van der Waals surface area contributed by atoms with Gasteiger partial charge in [0.05, 0.1) is 0 Å². The summed E-state index contributed by atoms with van der Waals surface area (Å²) in [6, 6.07) is 6.16. The first-order valence-electron chi connectivity index (χ1n) is 5.55. The molecule has 0 radical (unpaired) electrons. The normalized spacial score (nSPS) is 17.6. The molecule has 1 saturated heterocycles. The van der Waals surface area contributed by atoms with Crippen molar-refractivity contribution in [3.8, 4) is 0 Å². The van der Waals surface area contributed by atoms with Crippen molar-refractivity contribution < 1.29 is 0 Å². The van der Waals surface area contributed by atoms with Crippen molar-refractivity contribution in [2.75, 3.05) is 32.4 Å². The summed E-state index contributed by atoms with van der Waals surface area (Å²) >= 11 is 8.04. The molecule has 1 N–H and O–H groups in total. The first kappa shape index (κ1) is 12.2. The fourth-order valence-electron chi connectivity index (χ4n) is 1.98. The summed E-state index contributed by atoms with van der Waals surface area (Å²) in [5.74, 6) is 0. The molecule has 0 saturated carbocycles. The summed E-state index contributed by atoms with van der Waals surface area (Å²) in [6.07, 6.45) is 2.10.